The van der Waals surface area contributed by atoms with E-state index in [1.807, 2.05) is 24.3 Å². The molecule has 0 bridgehead atoms. The van der Waals surface area contributed by atoms with Gasteiger partial charge in [-0.05, 0) is 37.3 Å². The van der Waals surface area contributed by atoms with Crippen LogP contribution in [0.2, 0.25) is 5.02 Å². The number of hydrogen-bond acceptors (Lipinski definition) is 3. The minimum Gasteiger partial charge on any atom is -0.357 e. The maximum atomic E-state index is 6.13. The maximum Gasteiger partial charge on any atom is 0.183 e. The zero-order chi connectivity index (χ0) is 12.4. The summed E-state index contributed by atoms with van der Waals surface area (Å²) in [5.74, 6) is 0. The van der Waals surface area contributed by atoms with Crippen LogP contribution in [0.3, 0.4) is 0 Å². The average molecular weight is 279 g/mol. The van der Waals surface area contributed by atoms with Crippen LogP contribution in [0.5, 0.6) is 0 Å². The van der Waals surface area contributed by atoms with Crippen LogP contribution in [0.15, 0.2) is 24.3 Å². The Hall–Kier alpha value is -1.06. The van der Waals surface area contributed by atoms with Crippen molar-refractivity contribution in [2.75, 3.05) is 5.32 Å². The molecular weight excluding hydrogens is 264 g/mol. The molecule has 94 valence electrons. The van der Waals surface area contributed by atoms with Gasteiger partial charge in [-0.3, -0.25) is 0 Å². The van der Waals surface area contributed by atoms with E-state index in [0.717, 1.165) is 28.7 Å². The largest absolute Gasteiger partial charge is 0.357 e. The normalized spacial score (nSPS) is 14.3. The van der Waals surface area contributed by atoms with E-state index in [2.05, 4.69) is 10.3 Å². The Morgan fingerprint density at radius 1 is 1.22 bits per heavy atom. The molecule has 0 amide bonds. The van der Waals surface area contributed by atoms with Gasteiger partial charge < -0.3 is 5.32 Å². The van der Waals surface area contributed by atoms with E-state index in [4.69, 9.17) is 11.6 Å². The fourth-order valence-electron chi connectivity index (χ4n) is 2.24. The van der Waals surface area contributed by atoms with Gasteiger partial charge in [-0.25, -0.2) is 4.98 Å². The van der Waals surface area contributed by atoms with Gasteiger partial charge in [0, 0.05) is 16.4 Å². The van der Waals surface area contributed by atoms with E-state index in [9.17, 15) is 0 Å². The van der Waals surface area contributed by atoms with Crippen molar-refractivity contribution in [2.45, 2.75) is 32.2 Å². The van der Waals surface area contributed by atoms with Gasteiger partial charge in [-0.2, -0.15) is 0 Å². The SMILES string of the molecule is Clc1ccccc1CNc1nc2c(s1)CCCC2. The molecule has 0 aliphatic heterocycles. The summed E-state index contributed by atoms with van der Waals surface area (Å²) in [6.45, 7) is 0.742. The first-order chi connectivity index (χ1) is 8.83. The Bertz CT molecular complexity index is 527. The van der Waals surface area contributed by atoms with Crippen molar-refractivity contribution in [3.05, 3.63) is 45.4 Å². The van der Waals surface area contributed by atoms with Gasteiger partial charge in [0.1, 0.15) is 0 Å². The van der Waals surface area contributed by atoms with Gasteiger partial charge in [-0.15, -0.1) is 11.3 Å². The van der Waals surface area contributed by atoms with Crippen molar-refractivity contribution in [3.8, 4) is 0 Å². The second-order valence-electron chi connectivity index (χ2n) is 4.54. The Morgan fingerprint density at radius 2 is 2.06 bits per heavy atom. The van der Waals surface area contributed by atoms with Crippen LogP contribution in [-0.4, -0.2) is 4.98 Å². The molecule has 1 aliphatic carbocycles. The molecule has 1 aliphatic rings. The number of rotatable bonds is 3. The van der Waals surface area contributed by atoms with Crippen LogP contribution in [0, 0.1) is 0 Å². The molecule has 4 heteroatoms. The fraction of sp³-hybridized carbons (Fsp3) is 0.357. The molecule has 1 aromatic carbocycles. The number of nitrogens with one attached hydrogen (secondary N) is 1. The fourth-order valence-corrected chi connectivity index (χ4v) is 3.49. The van der Waals surface area contributed by atoms with Crippen molar-refractivity contribution >= 4 is 28.1 Å². The number of aryl methyl sites for hydroxylation is 2. The molecule has 0 atom stereocenters. The first kappa shape index (κ1) is 12.0. The molecular formula is C14H15ClN2S. The third-order valence-corrected chi connectivity index (χ3v) is 4.72. The minimum atomic E-state index is 0.742. The van der Waals surface area contributed by atoms with Crippen LogP contribution < -0.4 is 5.32 Å². The highest BCUT2D eigenvalue weighted by Gasteiger charge is 2.14. The number of nitrogens with zero attached hydrogens (tertiary/aromatic N) is 1. The first-order valence-corrected chi connectivity index (χ1v) is 7.48. The molecule has 0 spiro atoms. The predicted octanol–water partition coefficient (Wildman–Crippen LogP) is 4.29. The molecule has 1 heterocycles. The number of benzene rings is 1. The number of thiazole rings is 1. The molecule has 2 aromatic rings. The molecule has 2 nitrogen and oxygen atoms in total. The van der Waals surface area contributed by atoms with Crippen LogP contribution in [0.1, 0.15) is 29.0 Å². The lowest BCUT2D eigenvalue weighted by Crippen LogP contribution is -2.01. The monoisotopic (exact) mass is 278 g/mol. The molecule has 0 radical (unpaired) electrons. The van der Waals surface area contributed by atoms with E-state index in [1.165, 1.54) is 29.8 Å². The van der Waals surface area contributed by atoms with Crippen molar-refractivity contribution in [2.24, 2.45) is 0 Å². The smallest absolute Gasteiger partial charge is 0.183 e. The van der Waals surface area contributed by atoms with E-state index >= 15 is 0 Å². The Morgan fingerprint density at radius 3 is 2.89 bits per heavy atom. The van der Waals surface area contributed by atoms with E-state index in [-0.39, 0.29) is 0 Å². The highest BCUT2D eigenvalue weighted by Crippen LogP contribution is 2.30. The Labute approximate surface area is 116 Å². The molecule has 0 saturated carbocycles. The van der Waals surface area contributed by atoms with Gasteiger partial charge in [-0.1, -0.05) is 29.8 Å². The second kappa shape index (κ2) is 5.29. The summed E-state index contributed by atoms with van der Waals surface area (Å²) in [7, 11) is 0. The molecule has 0 fully saturated rings. The third-order valence-electron chi connectivity index (χ3n) is 3.23. The van der Waals surface area contributed by atoms with Crippen molar-refractivity contribution < 1.29 is 0 Å². The highest BCUT2D eigenvalue weighted by molar-refractivity contribution is 7.15. The summed E-state index contributed by atoms with van der Waals surface area (Å²) in [6.07, 6.45) is 4.92. The van der Waals surface area contributed by atoms with E-state index in [1.54, 1.807) is 11.3 Å². The Kier molecular flexibility index (Phi) is 3.52. The zero-order valence-electron chi connectivity index (χ0n) is 10.1. The number of halogens is 1. The van der Waals surface area contributed by atoms with E-state index in [0.29, 0.717) is 0 Å². The van der Waals surface area contributed by atoms with Crippen LogP contribution in [-0.2, 0) is 19.4 Å². The molecule has 1 aromatic heterocycles. The lowest BCUT2D eigenvalue weighted by atomic mass is 10.0. The highest BCUT2D eigenvalue weighted by atomic mass is 35.5. The molecule has 3 rings (SSSR count). The summed E-state index contributed by atoms with van der Waals surface area (Å²) in [5.41, 5.74) is 2.42. The van der Waals surface area contributed by atoms with Crippen molar-refractivity contribution in [1.29, 1.82) is 0 Å². The molecule has 1 N–H and O–H groups in total. The van der Waals surface area contributed by atoms with Gasteiger partial charge in [0.05, 0.1) is 5.69 Å². The zero-order valence-corrected chi connectivity index (χ0v) is 11.7. The third kappa shape index (κ3) is 2.52. The first-order valence-electron chi connectivity index (χ1n) is 6.29. The second-order valence-corrected chi connectivity index (χ2v) is 6.03. The maximum absolute atomic E-state index is 6.13. The average Bonchev–Trinajstić information content (AvgIpc) is 2.80. The summed E-state index contributed by atoms with van der Waals surface area (Å²) in [6, 6.07) is 7.93. The van der Waals surface area contributed by atoms with Crippen LogP contribution in [0.4, 0.5) is 5.13 Å². The predicted molar refractivity (Wildman–Crippen MR) is 77.5 cm³/mol. The lowest BCUT2D eigenvalue weighted by Gasteiger charge is -2.06. The number of anilines is 1. The minimum absolute atomic E-state index is 0.742. The summed E-state index contributed by atoms with van der Waals surface area (Å²) in [5, 5.41) is 5.22. The van der Waals surface area contributed by atoms with Gasteiger partial charge in [0.15, 0.2) is 5.13 Å². The summed E-state index contributed by atoms with van der Waals surface area (Å²) >= 11 is 7.93. The quantitative estimate of drug-likeness (QED) is 0.906. The standard InChI is InChI=1S/C14H15ClN2S/c15-11-6-2-1-5-10(11)9-16-14-17-12-7-3-4-8-13(12)18-14/h1-2,5-6H,3-4,7-9H2,(H,16,17). The lowest BCUT2D eigenvalue weighted by molar-refractivity contribution is 0.682. The summed E-state index contributed by atoms with van der Waals surface area (Å²) in [4.78, 5) is 6.12. The van der Waals surface area contributed by atoms with Gasteiger partial charge >= 0.3 is 0 Å². The number of aromatic nitrogens is 1. The summed E-state index contributed by atoms with van der Waals surface area (Å²) < 4.78 is 0. The Balaban J connectivity index is 1.70. The van der Waals surface area contributed by atoms with E-state index < -0.39 is 0 Å². The van der Waals surface area contributed by atoms with Crippen LogP contribution >= 0.6 is 22.9 Å². The van der Waals surface area contributed by atoms with Crippen molar-refractivity contribution in [3.63, 3.8) is 0 Å². The number of hydrogen-bond donors (Lipinski definition) is 1. The number of fused-ring (bicyclic) bond motifs is 1. The van der Waals surface area contributed by atoms with Crippen molar-refractivity contribution in [1.82, 2.24) is 4.98 Å². The molecule has 18 heavy (non-hydrogen) atoms. The topological polar surface area (TPSA) is 24.9 Å². The van der Waals surface area contributed by atoms with Crippen LogP contribution in [0.25, 0.3) is 0 Å². The molecule has 0 saturated heterocycles. The van der Waals surface area contributed by atoms with Gasteiger partial charge in [0.25, 0.3) is 0 Å². The molecule has 0 unspecified atom stereocenters. The van der Waals surface area contributed by atoms with Gasteiger partial charge in [0.2, 0.25) is 0 Å².